The molecule has 15 heavy (non-hydrogen) atoms. The molecule has 0 saturated heterocycles. The lowest BCUT2D eigenvalue weighted by Crippen LogP contribution is -2.14. The maximum atomic E-state index is 11.3. The fraction of sp³-hybridized carbons (Fsp3) is 0.727. The maximum Gasteiger partial charge on any atom is 0.304 e. The number of thiazole rings is 1. The van der Waals surface area contributed by atoms with E-state index in [0.29, 0.717) is 5.92 Å². The van der Waals surface area contributed by atoms with E-state index in [4.69, 9.17) is 0 Å². The molecule has 1 aromatic rings. The molecule has 0 amide bonds. The molecule has 0 unspecified atom stereocenters. The summed E-state index contributed by atoms with van der Waals surface area (Å²) < 4.78 is 0. The molecule has 2 N–H and O–H groups in total. The lowest BCUT2D eigenvalue weighted by Gasteiger charge is -2.06. The van der Waals surface area contributed by atoms with Crippen molar-refractivity contribution in [3.63, 3.8) is 0 Å². The highest BCUT2D eigenvalue weighted by Gasteiger charge is 2.08. The van der Waals surface area contributed by atoms with Crippen LogP contribution in [0, 0.1) is 5.92 Å². The van der Waals surface area contributed by atoms with Crippen molar-refractivity contribution in [2.24, 2.45) is 5.92 Å². The first kappa shape index (κ1) is 12.5. The van der Waals surface area contributed by atoms with Crippen molar-refractivity contribution in [2.75, 3.05) is 6.54 Å². The van der Waals surface area contributed by atoms with Crippen LogP contribution in [0.1, 0.15) is 37.8 Å². The monoisotopic (exact) mass is 228 g/mol. The van der Waals surface area contributed by atoms with Gasteiger partial charge in [0.05, 0.1) is 0 Å². The lowest BCUT2D eigenvalue weighted by molar-refractivity contribution is 0.622. The van der Waals surface area contributed by atoms with Crippen molar-refractivity contribution < 1.29 is 0 Å². The van der Waals surface area contributed by atoms with Gasteiger partial charge < -0.3 is 10.3 Å². The molecule has 0 bridgehead atoms. The quantitative estimate of drug-likeness (QED) is 0.733. The van der Waals surface area contributed by atoms with Crippen molar-refractivity contribution in [3.05, 3.63) is 20.2 Å². The third kappa shape index (κ3) is 4.18. The van der Waals surface area contributed by atoms with Crippen LogP contribution in [0.2, 0.25) is 0 Å². The number of H-pyrrole nitrogens is 1. The van der Waals surface area contributed by atoms with E-state index < -0.39 is 0 Å². The molecule has 1 rings (SSSR count). The molecular weight excluding hydrogens is 208 g/mol. The molecule has 1 aromatic heterocycles. The third-order valence-corrected chi connectivity index (χ3v) is 3.05. The minimum absolute atomic E-state index is 0.0685. The van der Waals surface area contributed by atoms with Crippen molar-refractivity contribution in [1.29, 1.82) is 0 Å². The van der Waals surface area contributed by atoms with Gasteiger partial charge in [0.15, 0.2) is 0 Å². The average molecular weight is 228 g/mol. The van der Waals surface area contributed by atoms with Crippen LogP contribution in [0.3, 0.4) is 0 Å². The van der Waals surface area contributed by atoms with Gasteiger partial charge in [-0.3, -0.25) is 4.79 Å². The molecule has 4 heteroatoms. The predicted molar refractivity (Wildman–Crippen MR) is 65.5 cm³/mol. The number of rotatable bonds is 6. The molecule has 0 saturated carbocycles. The van der Waals surface area contributed by atoms with E-state index in [-0.39, 0.29) is 4.87 Å². The summed E-state index contributed by atoms with van der Waals surface area (Å²) >= 11 is 1.33. The molecule has 0 spiro atoms. The largest absolute Gasteiger partial charge is 0.316 e. The molecular formula is C11H20N2OS. The van der Waals surface area contributed by atoms with E-state index in [1.807, 2.05) is 0 Å². The van der Waals surface area contributed by atoms with Crippen molar-refractivity contribution in [1.82, 2.24) is 10.3 Å². The van der Waals surface area contributed by atoms with Crippen LogP contribution in [-0.2, 0) is 13.0 Å². The van der Waals surface area contributed by atoms with Crippen LogP contribution < -0.4 is 10.2 Å². The van der Waals surface area contributed by atoms with Crippen molar-refractivity contribution in [3.8, 4) is 0 Å². The molecule has 0 atom stereocenters. The summed E-state index contributed by atoms with van der Waals surface area (Å²) in [5, 5.41) is 3.33. The van der Waals surface area contributed by atoms with Crippen LogP contribution in [0.4, 0.5) is 0 Å². The molecule has 0 aliphatic carbocycles. The molecule has 0 aliphatic heterocycles. The number of hydrogen-bond donors (Lipinski definition) is 2. The second kappa shape index (κ2) is 6.08. The van der Waals surface area contributed by atoms with Crippen LogP contribution in [0.5, 0.6) is 0 Å². The second-order valence-corrected chi connectivity index (χ2v) is 5.26. The fourth-order valence-corrected chi connectivity index (χ4v) is 2.32. The second-order valence-electron chi connectivity index (χ2n) is 4.19. The summed E-state index contributed by atoms with van der Waals surface area (Å²) in [6, 6.07) is 0. The molecule has 3 nitrogen and oxygen atoms in total. The molecule has 0 radical (unpaired) electrons. The van der Waals surface area contributed by atoms with Gasteiger partial charge in [0.25, 0.3) is 0 Å². The van der Waals surface area contributed by atoms with E-state index in [1.54, 1.807) is 0 Å². The summed E-state index contributed by atoms with van der Waals surface area (Å²) in [6.45, 7) is 8.30. The van der Waals surface area contributed by atoms with Crippen LogP contribution in [0.15, 0.2) is 4.79 Å². The standard InChI is InChI=1S/C11H20N2OS/c1-4-5-12-7-10-9(6-8(2)3)13-11(14)15-10/h8,12H,4-7H2,1-3H3,(H,13,14). The van der Waals surface area contributed by atoms with Gasteiger partial charge in [0, 0.05) is 17.1 Å². The Hall–Kier alpha value is -0.610. The van der Waals surface area contributed by atoms with Gasteiger partial charge in [-0.25, -0.2) is 0 Å². The summed E-state index contributed by atoms with van der Waals surface area (Å²) in [5.41, 5.74) is 1.11. The Bertz CT molecular complexity index is 341. The molecule has 0 aromatic carbocycles. The van der Waals surface area contributed by atoms with Crippen LogP contribution >= 0.6 is 11.3 Å². The minimum Gasteiger partial charge on any atom is -0.316 e. The minimum atomic E-state index is 0.0685. The van der Waals surface area contributed by atoms with E-state index in [1.165, 1.54) is 16.2 Å². The Balaban J connectivity index is 2.64. The number of nitrogens with one attached hydrogen (secondary N) is 2. The molecule has 0 aliphatic rings. The summed E-state index contributed by atoms with van der Waals surface area (Å²) in [7, 11) is 0. The molecule has 0 fully saturated rings. The number of aromatic nitrogens is 1. The molecule has 86 valence electrons. The van der Waals surface area contributed by atoms with E-state index in [2.05, 4.69) is 31.1 Å². The zero-order valence-electron chi connectivity index (χ0n) is 9.72. The first-order chi connectivity index (χ1) is 7.13. The number of aromatic amines is 1. The van der Waals surface area contributed by atoms with Gasteiger partial charge in [-0.15, -0.1) is 0 Å². The maximum absolute atomic E-state index is 11.3. The van der Waals surface area contributed by atoms with E-state index in [9.17, 15) is 4.79 Å². The highest BCUT2D eigenvalue weighted by atomic mass is 32.1. The highest BCUT2D eigenvalue weighted by Crippen LogP contribution is 2.13. The topological polar surface area (TPSA) is 44.9 Å². The van der Waals surface area contributed by atoms with Crippen molar-refractivity contribution >= 4 is 11.3 Å². The van der Waals surface area contributed by atoms with Gasteiger partial charge in [-0.1, -0.05) is 32.1 Å². The summed E-state index contributed by atoms with van der Waals surface area (Å²) in [4.78, 5) is 15.4. The van der Waals surface area contributed by atoms with Gasteiger partial charge >= 0.3 is 4.87 Å². The van der Waals surface area contributed by atoms with Gasteiger partial charge in [-0.05, 0) is 25.3 Å². The first-order valence-corrected chi connectivity index (χ1v) is 6.36. The average Bonchev–Trinajstić information content (AvgIpc) is 2.46. The Morgan fingerprint density at radius 3 is 2.80 bits per heavy atom. The fourth-order valence-electron chi connectivity index (χ4n) is 1.49. The van der Waals surface area contributed by atoms with E-state index in [0.717, 1.165) is 31.6 Å². The predicted octanol–water partition coefficient (Wildman–Crippen LogP) is 2.13. The van der Waals surface area contributed by atoms with Gasteiger partial charge in [0.2, 0.25) is 0 Å². The zero-order valence-corrected chi connectivity index (χ0v) is 10.5. The highest BCUT2D eigenvalue weighted by molar-refractivity contribution is 7.09. The van der Waals surface area contributed by atoms with Crippen molar-refractivity contribution in [2.45, 2.75) is 40.2 Å². The summed E-state index contributed by atoms with van der Waals surface area (Å²) in [5.74, 6) is 0.583. The van der Waals surface area contributed by atoms with Crippen LogP contribution in [-0.4, -0.2) is 11.5 Å². The van der Waals surface area contributed by atoms with E-state index >= 15 is 0 Å². The van der Waals surface area contributed by atoms with Crippen LogP contribution in [0.25, 0.3) is 0 Å². The smallest absolute Gasteiger partial charge is 0.304 e. The Labute approximate surface area is 94.9 Å². The zero-order chi connectivity index (χ0) is 11.3. The molecule has 1 heterocycles. The third-order valence-electron chi connectivity index (χ3n) is 2.13. The number of hydrogen-bond acceptors (Lipinski definition) is 3. The normalized spacial score (nSPS) is 11.2. The Kier molecular flexibility index (Phi) is 5.05. The summed E-state index contributed by atoms with van der Waals surface area (Å²) in [6.07, 6.45) is 2.08. The van der Waals surface area contributed by atoms with Gasteiger partial charge in [0.1, 0.15) is 0 Å². The van der Waals surface area contributed by atoms with Gasteiger partial charge in [-0.2, -0.15) is 0 Å². The Morgan fingerprint density at radius 1 is 1.47 bits per heavy atom. The Morgan fingerprint density at radius 2 is 2.20 bits per heavy atom. The first-order valence-electron chi connectivity index (χ1n) is 5.55. The SMILES string of the molecule is CCCNCc1sc(=O)[nH]c1CC(C)C. The lowest BCUT2D eigenvalue weighted by atomic mass is 10.1.